The second-order valence-corrected chi connectivity index (χ2v) is 5.95. The van der Waals surface area contributed by atoms with Crippen LogP contribution >= 0.6 is 0 Å². The lowest BCUT2D eigenvalue weighted by Crippen LogP contribution is -2.42. The standard InChI is InChI=1S/C11H19N3O3S/c1-8(2)10(7-17-3)14-18(15,16)11-9(12)5-4-6-13-11/h4-6,8,10,14H,7,12H2,1-3H3. The summed E-state index contributed by atoms with van der Waals surface area (Å²) in [6.07, 6.45) is 1.39. The van der Waals surface area contributed by atoms with Crippen LogP contribution in [0.3, 0.4) is 0 Å². The summed E-state index contributed by atoms with van der Waals surface area (Å²) in [6.45, 7) is 4.12. The number of nitrogen functional groups attached to an aromatic ring is 1. The number of nitrogens with one attached hydrogen (secondary N) is 1. The fourth-order valence-corrected chi connectivity index (χ4v) is 2.85. The second kappa shape index (κ2) is 6.12. The molecule has 0 amide bonds. The quantitative estimate of drug-likeness (QED) is 0.792. The van der Waals surface area contributed by atoms with E-state index in [9.17, 15) is 8.42 Å². The first kappa shape index (κ1) is 14.9. The van der Waals surface area contributed by atoms with Gasteiger partial charge in [-0.1, -0.05) is 13.8 Å². The van der Waals surface area contributed by atoms with Crippen molar-refractivity contribution < 1.29 is 13.2 Å². The Kier molecular flexibility index (Phi) is 5.06. The van der Waals surface area contributed by atoms with Gasteiger partial charge in [-0.2, -0.15) is 0 Å². The summed E-state index contributed by atoms with van der Waals surface area (Å²) in [6, 6.07) is 2.77. The van der Waals surface area contributed by atoms with E-state index in [1.54, 1.807) is 6.07 Å². The minimum Gasteiger partial charge on any atom is -0.396 e. The van der Waals surface area contributed by atoms with Crippen molar-refractivity contribution in [1.29, 1.82) is 0 Å². The summed E-state index contributed by atoms with van der Waals surface area (Å²) < 4.78 is 31.8. The number of hydrogen-bond donors (Lipinski definition) is 2. The van der Waals surface area contributed by atoms with Gasteiger partial charge >= 0.3 is 0 Å². The Morgan fingerprint density at radius 1 is 1.50 bits per heavy atom. The fraction of sp³-hybridized carbons (Fsp3) is 0.545. The molecular weight excluding hydrogens is 254 g/mol. The Balaban J connectivity index is 2.97. The first-order chi connectivity index (χ1) is 8.38. The highest BCUT2D eigenvalue weighted by Crippen LogP contribution is 2.15. The maximum Gasteiger partial charge on any atom is 0.260 e. The molecule has 0 saturated carbocycles. The van der Waals surface area contributed by atoms with Gasteiger partial charge in [0.05, 0.1) is 12.3 Å². The number of sulfonamides is 1. The van der Waals surface area contributed by atoms with Crippen LogP contribution in [0.5, 0.6) is 0 Å². The Morgan fingerprint density at radius 2 is 2.17 bits per heavy atom. The van der Waals surface area contributed by atoms with Crippen LogP contribution in [-0.4, -0.2) is 33.2 Å². The lowest BCUT2D eigenvalue weighted by molar-refractivity contribution is 0.157. The molecule has 6 nitrogen and oxygen atoms in total. The SMILES string of the molecule is COCC(NS(=O)(=O)c1ncccc1N)C(C)C. The van der Waals surface area contributed by atoms with E-state index in [2.05, 4.69) is 9.71 Å². The highest BCUT2D eigenvalue weighted by molar-refractivity contribution is 7.89. The molecule has 1 aromatic heterocycles. The lowest BCUT2D eigenvalue weighted by Gasteiger charge is -2.21. The van der Waals surface area contributed by atoms with Gasteiger partial charge in [-0.25, -0.2) is 18.1 Å². The summed E-state index contributed by atoms with van der Waals surface area (Å²) in [5, 5.41) is -0.147. The Bertz CT molecular complexity index is 488. The number of nitrogens with two attached hydrogens (primary N) is 1. The Morgan fingerprint density at radius 3 is 2.67 bits per heavy atom. The average Bonchev–Trinajstić information content (AvgIpc) is 2.28. The zero-order chi connectivity index (χ0) is 13.8. The summed E-state index contributed by atoms with van der Waals surface area (Å²) in [7, 11) is -2.20. The van der Waals surface area contributed by atoms with Crippen LogP contribution in [0.15, 0.2) is 23.4 Å². The molecule has 0 fully saturated rings. The van der Waals surface area contributed by atoms with Crippen molar-refractivity contribution in [1.82, 2.24) is 9.71 Å². The molecule has 0 aliphatic carbocycles. The predicted molar refractivity (Wildman–Crippen MR) is 69.5 cm³/mol. The van der Waals surface area contributed by atoms with Crippen LogP contribution in [0.1, 0.15) is 13.8 Å². The van der Waals surface area contributed by atoms with Crippen molar-refractivity contribution in [2.24, 2.45) is 5.92 Å². The van der Waals surface area contributed by atoms with E-state index in [0.717, 1.165) is 0 Å². The van der Waals surface area contributed by atoms with Crippen molar-refractivity contribution in [3.63, 3.8) is 0 Å². The van der Waals surface area contributed by atoms with E-state index >= 15 is 0 Å². The largest absolute Gasteiger partial charge is 0.396 e. The van der Waals surface area contributed by atoms with E-state index in [1.165, 1.54) is 19.4 Å². The fourth-order valence-electron chi connectivity index (χ4n) is 1.43. The van der Waals surface area contributed by atoms with Crippen molar-refractivity contribution in [2.45, 2.75) is 24.9 Å². The van der Waals surface area contributed by atoms with E-state index < -0.39 is 10.0 Å². The third kappa shape index (κ3) is 3.66. The number of ether oxygens (including phenoxy) is 1. The van der Waals surface area contributed by atoms with Gasteiger partial charge in [0.1, 0.15) is 0 Å². The molecule has 1 atom stereocenters. The van der Waals surface area contributed by atoms with Crippen LogP contribution in [0.25, 0.3) is 0 Å². The molecule has 0 bridgehead atoms. The van der Waals surface area contributed by atoms with Gasteiger partial charge in [0.2, 0.25) is 0 Å². The third-order valence-corrected chi connectivity index (χ3v) is 3.98. The van der Waals surface area contributed by atoms with Crippen LogP contribution in [0.2, 0.25) is 0 Å². The van der Waals surface area contributed by atoms with Crippen LogP contribution in [0, 0.1) is 5.92 Å². The predicted octanol–water partition coefficient (Wildman–Crippen LogP) is 0.613. The van der Waals surface area contributed by atoms with Crippen molar-refractivity contribution in [3.05, 3.63) is 18.3 Å². The number of rotatable bonds is 6. The summed E-state index contributed by atoms with van der Waals surface area (Å²) in [5.74, 6) is 0.102. The highest BCUT2D eigenvalue weighted by Gasteiger charge is 2.25. The van der Waals surface area contributed by atoms with E-state index in [-0.39, 0.29) is 22.7 Å². The van der Waals surface area contributed by atoms with Gasteiger partial charge in [-0.15, -0.1) is 0 Å². The molecule has 0 radical (unpaired) electrons. The van der Waals surface area contributed by atoms with E-state index in [4.69, 9.17) is 10.5 Å². The molecule has 1 aromatic rings. The number of aromatic nitrogens is 1. The molecule has 102 valence electrons. The number of hydrogen-bond acceptors (Lipinski definition) is 5. The lowest BCUT2D eigenvalue weighted by atomic mass is 10.1. The number of anilines is 1. The molecule has 7 heteroatoms. The van der Waals surface area contributed by atoms with Gasteiger partial charge in [-0.3, -0.25) is 0 Å². The zero-order valence-corrected chi connectivity index (χ0v) is 11.6. The van der Waals surface area contributed by atoms with Crippen LogP contribution in [0.4, 0.5) is 5.69 Å². The molecule has 0 aromatic carbocycles. The average molecular weight is 273 g/mol. The molecule has 0 saturated heterocycles. The molecule has 3 N–H and O–H groups in total. The minimum atomic E-state index is -3.72. The maximum absolute atomic E-state index is 12.1. The number of methoxy groups -OCH3 is 1. The van der Waals surface area contributed by atoms with Crippen molar-refractivity contribution in [3.8, 4) is 0 Å². The highest BCUT2D eigenvalue weighted by atomic mass is 32.2. The van der Waals surface area contributed by atoms with Gasteiger partial charge < -0.3 is 10.5 Å². The van der Waals surface area contributed by atoms with Crippen molar-refractivity contribution in [2.75, 3.05) is 19.5 Å². The summed E-state index contributed by atoms with van der Waals surface area (Å²) in [5.41, 5.74) is 5.75. The van der Waals surface area contributed by atoms with Gasteiger partial charge in [-0.05, 0) is 18.1 Å². The molecule has 0 spiro atoms. The van der Waals surface area contributed by atoms with E-state index in [0.29, 0.717) is 6.61 Å². The molecule has 1 rings (SSSR count). The minimum absolute atomic E-state index is 0.102. The third-order valence-electron chi connectivity index (χ3n) is 2.51. The monoisotopic (exact) mass is 273 g/mol. The van der Waals surface area contributed by atoms with Crippen LogP contribution < -0.4 is 10.5 Å². The first-order valence-electron chi connectivity index (χ1n) is 5.60. The summed E-state index contributed by atoms with van der Waals surface area (Å²) >= 11 is 0. The van der Waals surface area contributed by atoms with Gasteiger partial charge in [0.25, 0.3) is 10.0 Å². The Labute approximate surface area is 108 Å². The van der Waals surface area contributed by atoms with Crippen LogP contribution in [-0.2, 0) is 14.8 Å². The smallest absolute Gasteiger partial charge is 0.260 e. The normalized spacial score (nSPS) is 13.8. The van der Waals surface area contributed by atoms with E-state index in [1.807, 2.05) is 13.8 Å². The number of pyridine rings is 1. The van der Waals surface area contributed by atoms with Crippen molar-refractivity contribution >= 4 is 15.7 Å². The molecule has 1 unspecified atom stereocenters. The first-order valence-corrected chi connectivity index (χ1v) is 7.08. The molecular formula is C11H19N3O3S. The molecule has 0 aliphatic rings. The Hall–Kier alpha value is -1.18. The maximum atomic E-state index is 12.1. The molecule has 0 aliphatic heterocycles. The molecule has 18 heavy (non-hydrogen) atoms. The molecule has 1 heterocycles. The number of nitrogens with zero attached hydrogens (tertiary/aromatic N) is 1. The topological polar surface area (TPSA) is 94.3 Å². The second-order valence-electron chi connectivity index (χ2n) is 4.32. The zero-order valence-electron chi connectivity index (χ0n) is 10.8. The summed E-state index contributed by atoms with van der Waals surface area (Å²) in [4.78, 5) is 3.81. The van der Waals surface area contributed by atoms with Gasteiger partial charge in [0.15, 0.2) is 5.03 Å². The van der Waals surface area contributed by atoms with Gasteiger partial charge in [0, 0.05) is 19.3 Å².